The topological polar surface area (TPSA) is 82.5 Å². The predicted molar refractivity (Wildman–Crippen MR) is 171 cm³/mol. The normalized spacial score (nSPS) is 23.8. The Bertz CT molecular complexity index is 1570. The van der Waals surface area contributed by atoms with E-state index in [9.17, 15) is 4.79 Å². The Balaban J connectivity index is 1.22. The summed E-state index contributed by atoms with van der Waals surface area (Å²) in [5.41, 5.74) is 5.44. The standard InChI is InChI=1S/C33H44ClN7O2/c1-7-27(42)39-18-33(19-39)12-23(13-33)41-21(3)28(29-25-14-35-36-26(25)10-20(2)30(29)34)31(37-41)40-9-8-22(11-32(40,4)5)15-38-16-24(17-38)43-6/h7,10,14,22-24H,1,8-9,11-13,15-19H2,2-6H3,(H,35,36). The van der Waals surface area contributed by atoms with Crippen LogP contribution in [0.2, 0.25) is 5.02 Å². The lowest BCUT2D eigenvalue weighted by Gasteiger charge is -2.58. The number of hydrogen-bond acceptors (Lipinski definition) is 6. The van der Waals surface area contributed by atoms with Crippen LogP contribution in [0.3, 0.4) is 0 Å². The number of nitrogens with one attached hydrogen (secondary N) is 1. The van der Waals surface area contributed by atoms with Gasteiger partial charge in [0.05, 0.1) is 28.9 Å². The number of methoxy groups -OCH3 is 1. The molecule has 2 aromatic heterocycles. The number of amides is 1. The molecule has 1 amide bonds. The number of H-pyrrole nitrogens is 1. The van der Waals surface area contributed by atoms with Gasteiger partial charge in [-0.25, -0.2) is 0 Å². The molecule has 10 heteroatoms. The van der Waals surface area contributed by atoms with Crippen LogP contribution in [0.25, 0.3) is 22.0 Å². The fourth-order valence-electron chi connectivity index (χ4n) is 8.47. The average molecular weight is 606 g/mol. The summed E-state index contributed by atoms with van der Waals surface area (Å²) in [6, 6.07) is 2.38. The smallest absolute Gasteiger partial charge is 0.245 e. The highest BCUT2D eigenvalue weighted by atomic mass is 35.5. The number of anilines is 1. The minimum Gasteiger partial charge on any atom is -0.379 e. The maximum Gasteiger partial charge on any atom is 0.245 e. The zero-order chi connectivity index (χ0) is 30.3. The summed E-state index contributed by atoms with van der Waals surface area (Å²) in [6.07, 6.45) is 8.00. The molecule has 1 saturated carbocycles. The minimum absolute atomic E-state index is 0.0328. The second-order valence-electron chi connectivity index (χ2n) is 14.3. The van der Waals surface area contributed by atoms with E-state index in [2.05, 4.69) is 65.0 Å². The molecule has 3 saturated heterocycles. The first-order valence-corrected chi connectivity index (χ1v) is 16.1. The molecule has 0 bridgehead atoms. The maximum absolute atomic E-state index is 12.1. The maximum atomic E-state index is 12.1. The molecule has 0 radical (unpaired) electrons. The van der Waals surface area contributed by atoms with Crippen molar-refractivity contribution in [1.29, 1.82) is 0 Å². The lowest BCUT2D eigenvalue weighted by Crippen LogP contribution is -2.63. The van der Waals surface area contributed by atoms with Crippen molar-refractivity contribution in [2.24, 2.45) is 11.3 Å². The Morgan fingerprint density at radius 2 is 1.95 bits per heavy atom. The summed E-state index contributed by atoms with van der Waals surface area (Å²) in [4.78, 5) is 19.1. The van der Waals surface area contributed by atoms with Crippen molar-refractivity contribution >= 4 is 34.2 Å². The van der Waals surface area contributed by atoms with Gasteiger partial charge in [-0.15, -0.1) is 0 Å². The number of aromatic amines is 1. The SMILES string of the molecule is C=CC(=O)N1CC2(CC(n3nc(N4CCC(CN5CC(OC)C5)CC4(C)C)c(-c4c(Cl)c(C)cc5[nH]ncc45)c3C)C2)C1. The Hall–Kier alpha value is -2.88. The summed E-state index contributed by atoms with van der Waals surface area (Å²) in [5.74, 6) is 1.70. The first kappa shape index (κ1) is 28.9. The number of nitrogens with zero attached hydrogens (tertiary/aromatic N) is 6. The zero-order valence-electron chi connectivity index (χ0n) is 26.1. The molecule has 3 aromatic rings. The molecule has 5 heterocycles. The second kappa shape index (κ2) is 10.3. The van der Waals surface area contributed by atoms with Crippen LogP contribution in [0.4, 0.5) is 5.82 Å². The molecule has 1 aliphatic carbocycles. The largest absolute Gasteiger partial charge is 0.379 e. The van der Waals surface area contributed by atoms with Crippen LogP contribution in [0.15, 0.2) is 24.9 Å². The average Bonchev–Trinajstić information content (AvgIpc) is 3.49. The molecule has 4 aliphatic rings. The monoisotopic (exact) mass is 605 g/mol. The number of hydrogen-bond donors (Lipinski definition) is 1. The van der Waals surface area contributed by atoms with Crippen LogP contribution in [0.1, 0.15) is 56.8 Å². The molecule has 7 rings (SSSR count). The van der Waals surface area contributed by atoms with Gasteiger partial charge in [0.15, 0.2) is 5.82 Å². The molecule has 4 fully saturated rings. The van der Waals surface area contributed by atoms with Crippen LogP contribution >= 0.6 is 11.6 Å². The summed E-state index contributed by atoms with van der Waals surface area (Å²) in [5, 5.41) is 14.8. The molecule has 230 valence electrons. The first-order chi connectivity index (χ1) is 20.5. The van der Waals surface area contributed by atoms with Gasteiger partial charge in [-0.3, -0.25) is 19.5 Å². The highest BCUT2D eigenvalue weighted by Gasteiger charge is 2.54. The quantitative estimate of drug-likeness (QED) is 0.365. The van der Waals surface area contributed by atoms with E-state index in [1.54, 1.807) is 0 Å². The molecule has 43 heavy (non-hydrogen) atoms. The van der Waals surface area contributed by atoms with Crippen LogP contribution in [-0.2, 0) is 9.53 Å². The zero-order valence-corrected chi connectivity index (χ0v) is 26.9. The van der Waals surface area contributed by atoms with Gasteiger partial charge in [0.25, 0.3) is 0 Å². The molecule has 1 aromatic carbocycles. The van der Waals surface area contributed by atoms with Crippen molar-refractivity contribution in [2.45, 2.75) is 71.1 Å². The fourth-order valence-corrected chi connectivity index (χ4v) is 8.72. The van der Waals surface area contributed by atoms with Gasteiger partial charge in [-0.1, -0.05) is 18.2 Å². The second-order valence-corrected chi connectivity index (χ2v) is 14.7. The number of ether oxygens (including phenoxy) is 1. The van der Waals surface area contributed by atoms with Gasteiger partial charge in [0, 0.05) is 79.5 Å². The van der Waals surface area contributed by atoms with E-state index in [0.717, 1.165) is 109 Å². The van der Waals surface area contributed by atoms with Crippen LogP contribution in [0.5, 0.6) is 0 Å². The molecule has 1 unspecified atom stereocenters. The van der Waals surface area contributed by atoms with Crippen molar-refractivity contribution in [3.63, 3.8) is 0 Å². The third-order valence-electron chi connectivity index (χ3n) is 10.8. The van der Waals surface area contributed by atoms with Gasteiger partial charge in [0.1, 0.15) is 0 Å². The Morgan fingerprint density at radius 3 is 2.63 bits per heavy atom. The number of rotatable bonds is 7. The van der Waals surface area contributed by atoms with Crippen LogP contribution < -0.4 is 4.90 Å². The van der Waals surface area contributed by atoms with E-state index in [-0.39, 0.29) is 16.9 Å². The summed E-state index contributed by atoms with van der Waals surface area (Å²) in [6.45, 7) is 18.5. The number of piperidine rings is 1. The highest BCUT2D eigenvalue weighted by molar-refractivity contribution is 6.36. The molecular weight excluding hydrogens is 562 g/mol. The van der Waals surface area contributed by atoms with Crippen molar-refractivity contribution < 1.29 is 9.53 Å². The Morgan fingerprint density at radius 1 is 1.21 bits per heavy atom. The molecule has 9 nitrogen and oxygen atoms in total. The van der Waals surface area contributed by atoms with Crippen molar-refractivity contribution in [3.05, 3.63) is 41.2 Å². The third kappa shape index (κ3) is 4.70. The van der Waals surface area contributed by atoms with E-state index in [1.807, 2.05) is 18.2 Å². The van der Waals surface area contributed by atoms with Crippen LogP contribution in [0, 0.1) is 25.2 Å². The van der Waals surface area contributed by atoms with E-state index >= 15 is 0 Å². The van der Waals surface area contributed by atoms with Crippen molar-refractivity contribution in [1.82, 2.24) is 29.8 Å². The summed E-state index contributed by atoms with van der Waals surface area (Å²) in [7, 11) is 1.81. The summed E-state index contributed by atoms with van der Waals surface area (Å²) >= 11 is 7.16. The van der Waals surface area contributed by atoms with Gasteiger partial charge in [-0.05, 0) is 77.0 Å². The molecular formula is C33H44ClN7O2. The van der Waals surface area contributed by atoms with E-state index < -0.39 is 0 Å². The van der Waals surface area contributed by atoms with Gasteiger partial charge in [0.2, 0.25) is 5.91 Å². The number of fused-ring (bicyclic) bond motifs is 1. The van der Waals surface area contributed by atoms with Crippen LogP contribution in [-0.4, -0.2) is 93.7 Å². The molecule has 1 spiro atoms. The number of carbonyl (C=O) groups is 1. The fraction of sp³-hybridized carbons (Fsp3) is 0.606. The Labute approximate surface area is 259 Å². The van der Waals surface area contributed by atoms with E-state index in [1.165, 1.54) is 6.08 Å². The van der Waals surface area contributed by atoms with Crippen molar-refractivity contribution in [3.8, 4) is 11.1 Å². The molecule has 1 N–H and O–H groups in total. The minimum atomic E-state index is -0.0685. The van der Waals surface area contributed by atoms with Crippen molar-refractivity contribution in [2.75, 3.05) is 51.3 Å². The third-order valence-corrected chi connectivity index (χ3v) is 11.3. The number of likely N-dealkylation sites (tertiary alicyclic amines) is 2. The molecule has 3 aliphatic heterocycles. The molecule has 1 atom stereocenters. The van der Waals surface area contributed by atoms with E-state index in [0.29, 0.717) is 18.1 Å². The number of aromatic nitrogens is 4. The highest BCUT2D eigenvalue weighted by Crippen LogP contribution is 2.56. The summed E-state index contributed by atoms with van der Waals surface area (Å²) < 4.78 is 7.78. The Kier molecular flexibility index (Phi) is 6.95. The van der Waals surface area contributed by atoms with E-state index in [4.69, 9.17) is 21.4 Å². The first-order valence-electron chi connectivity index (χ1n) is 15.7. The van der Waals surface area contributed by atoms with Gasteiger partial charge >= 0.3 is 0 Å². The lowest BCUT2D eigenvalue weighted by molar-refractivity contribution is -0.149. The predicted octanol–water partition coefficient (Wildman–Crippen LogP) is 5.37. The number of aryl methyl sites for hydroxylation is 1. The number of benzene rings is 1. The lowest BCUT2D eigenvalue weighted by atomic mass is 9.60. The number of halogens is 1. The number of carbonyl (C=O) groups excluding carboxylic acids is 1. The van der Waals surface area contributed by atoms with Gasteiger partial charge in [-0.2, -0.15) is 10.2 Å². The van der Waals surface area contributed by atoms with Gasteiger partial charge < -0.3 is 14.5 Å².